The monoisotopic (exact) mass is 882 g/mol. The highest BCUT2D eigenvalue weighted by Gasteiger charge is 2.52. The fraction of sp³-hybridized carbons (Fsp3) is 0.125. The van der Waals surface area contributed by atoms with E-state index >= 15 is 0 Å². The predicted molar refractivity (Wildman–Crippen MR) is 291 cm³/mol. The zero-order valence-corrected chi connectivity index (χ0v) is 41.2. The van der Waals surface area contributed by atoms with Gasteiger partial charge < -0.3 is 0 Å². The Morgan fingerprint density at radius 3 is 0.636 bits per heavy atom. The molecule has 0 saturated carbocycles. The number of rotatable bonds is 11. The topological polar surface area (TPSA) is 0 Å². The van der Waals surface area contributed by atoms with Crippen molar-refractivity contribution in [2.75, 3.05) is 0 Å². The highest BCUT2D eigenvalue weighted by Crippen LogP contribution is 2.61. The zero-order chi connectivity index (χ0) is 45.4. The lowest BCUT2D eigenvalue weighted by molar-refractivity contribution is 1.32. The molecule has 10 rings (SSSR count). The second kappa shape index (κ2) is 17.9. The van der Waals surface area contributed by atoms with Gasteiger partial charge in [-0.25, -0.2) is 0 Å². The van der Waals surface area contributed by atoms with Crippen molar-refractivity contribution in [3.8, 4) is 0 Å². The van der Waals surface area contributed by atoms with Crippen molar-refractivity contribution in [3.63, 3.8) is 0 Å². The summed E-state index contributed by atoms with van der Waals surface area (Å²) in [7, 11) is -5.43. The van der Waals surface area contributed by atoms with E-state index in [0.717, 1.165) is 12.1 Å². The van der Waals surface area contributed by atoms with Gasteiger partial charge >= 0.3 is 0 Å². The van der Waals surface area contributed by atoms with Gasteiger partial charge in [0.2, 0.25) is 0 Å². The quantitative estimate of drug-likeness (QED) is 0.114. The molecule has 2 aliphatic rings. The van der Waals surface area contributed by atoms with Crippen molar-refractivity contribution in [1.29, 1.82) is 0 Å². The molecule has 0 radical (unpaired) electrons. The number of allylic oxidation sites excluding steroid dienone is 4. The molecule has 0 aromatic heterocycles. The van der Waals surface area contributed by atoms with Crippen molar-refractivity contribution in [3.05, 3.63) is 285 Å². The minimum atomic E-state index is -2.72. The molecule has 0 saturated heterocycles. The highest BCUT2D eigenvalue weighted by molar-refractivity contribution is 7.17. The van der Waals surface area contributed by atoms with E-state index < -0.39 is 16.1 Å². The van der Waals surface area contributed by atoms with E-state index in [0.29, 0.717) is 0 Å². The van der Waals surface area contributed by atoms with Crippen LogP contribution in [-0.2, 0) is 0 Å². The van der Waals surface area contributed by atoms with Gasteiger partial charge in [0.05, 0.1) is 0 Å². The first kappa shape index (κ1) is 43.1. The van der Waals surface area contributed by atoms with E-state index in [1.54, 1.807) is 20.8 Å². The standard InChI is InChI=1S/C64H58Si2/c1-45-23-19-35-53(41-45)61-57(49-27-11-7-12-28-49)58(50-29-13-8-14-30-50)62(54-36-20-24-46(2)42-54)65(61,5)39-40-66(6)63(55-37-21-25-47(3)43-55)59(51-31-15-9-16-32-51)60(52-33-17-10-18-34-52)64(66)56-38-22-26-48(4)44-56/h7-38,41-44H,39-40H2,1-6H3. The summed E-state index contributed by atoms with van der Waals surface area (Å²) < 4.78 is 0. The number of hydrogen-bond donors (Lipinski definition) is 0. The van der Waals surface area contributed by atoms with Gasteiger partial charge in [-0.15, -0.1) is 0 Å². The van der Waals surface area contributed by atoms with Crippen LogP contribution >= 0.6 is 0 Å². The third kappa shape index (κ3) is 7.78. The van der Waals surface area contributed by atoms with Crippen molar-refractivity contribution in [1.82, 2.24) is 0 Å². The van der Waals surface area contributed by atoms with Gasteiger partial charge in [0.25, 0.3) is 0 Å². The minimum Gasteiger partial charge on any atom is -0.0622 e. The molecule has 8 aromatic rings. The molecule has 66 heavy (non-hydrogen) atoms. The van der Waals surface area contributed by atoms with Crippen LogP contribution < -0.4 is 0 Å². The van der Waals surface area contributed by atoms with Crippen molar-refractivity contribution < 1.29 is 0 Å². The molecule has 0 bridgehead atoms. The van der Waals surface area contributed by atoms with E-state index in [-0.39, 0.29) is 0 Å². The average molecular weight is 883 g/mol. The molecule has 0 spiro atoms. The molecule has 0 aliphatic carbocycles. The molecular weight excluding hydrogens is 825 g/mol. The number of aryl methyl sites for hydroxylation is 4. The Morgan fingerprint density at radius 1 is 0.242 bits per heavy atom. The summed E-state index contributed by atoms with van der Waals surface area (Å²) in [6, 6.07) is 85.1. The Labute approximate surface area is 395 Å². The summed E-state index contributed by atoms with van der Waals surface area (Å²) >= 11 is 0. The molecule has 0 amide bonds. The van der Waals surface area contributed by atoms with Crippen LogP contribution in [0.5, 0.6) is 0 Å². The summed E-state index contributed by atoms with van der Waals surface area (Å²) in [5, 5.41) is 6.21. The molecule has 2 heteroatoms. The lowest BCUT2D eigenvalue weighted by Crippen LogP contribution is -2.39. The maximum absolute atomic E-state index is 2.73. The van der Waals surface area contributed by atoms with E-state index in [2.05, 4.69) is 259 Å². The van der Waals surface area contributed by atoms with Crippen LogP contribution in [0, 0.1) is 27.7 Å². The van der Waals surface area contributed by atoms with Crippen molar-refractivity contribution >= 4 is 59.2 Å². The Bertz CT molecular complexity index is 2790. The normalized spacial score (nSPS) is 15.5. The summed E-state index contributed by atoms with van der Waals surface area (Å²) in [6.07, 6.45) is 0. The maximum atomic E-state index is 2.73. The van der Waals surface area contributed by atoms with Gasteiger partial charge in [0.1, 0.15) is 16.1 Å². The summed E-state index contributed by atoms with van der Waals surface area (Å²) in [4.78, 5) is 0. The third-order valence-electron chi connectivity index (χ3n) is 14.3. The van der Waals surface area contributed by atoms with E-state index in [9.17, 15) is 0 Å². The lowest BCUT2D eigenvalue weighted by atomic mass is 9.89. The molecule has 0 N–H and O–H groups in total. The zero-order valence-electron chi connectivity index (χ0n) is 39.2. The van der Waals surface area contributed by atoms with Crippen LogP contribution in [0.1, 0.15) is 66.8 Å². The Kier molecular flexibility index (Phi) is 11.6. The van der Waals surface area contributed by atoms with Gasteiger partial charge in [0.15, 0.2) is 0 Å². The van der Waals surface area contributed by atoms with Crippen LogP contribution in [0.2, 0.25) is 25.2 Å². The molecule has 2 aliphatic heterocycles. The van der Waals surface area contributed by atoms with Crippen LogP contribution in [0.15, 0.2) is 218 Å². The van der Waals surface area contributed by atoms with Gasteiger partial charge in [-0.3, -0.25) is 0 Å². The van der Waals surface area contributed by atoms with Crippen molar-refractivity contribution in [2.24, 2.45) is 0 Å². The number of benzene rings is 8. The second-order valence-corrected chi connectivity index (χ2v) is 27.4. The van der Waals surface area contributed by atoms with Crippen LogP contribution in [0.4, 0.5) is 0 Å². The van der Waals surface area contributed by atoms with Crippen LogP contribution in [0.25, 0.3) is 43.1 Å². The van der Waals surface area contributed by atoms with Gasteiger partial charge in [-0.1, -0.05) is 266 Å². The van der Waals surface area contributed by atoms with E-state index in [4.69, 9.17) is 0 Å². The first-order valence-corrected chi connectivity index (χ1v) is 29.0. The van der Waals surface area contributed by atoms with Gasteiger partial charge in [-0.05, 0) is 115 Å². The first-order valence-electron chi connectivity index (χ1n) is 23.6. The molecule has 0 nitrogen and oxygen atoms in total. The predicted octanol–water partition coefficient (Wildman–Crippen LogP) is 17.0. The average Bonchev–Trinajstić information content (AvgIpc) is 3.78. The SMILES string of the molecule is Cc1cccc(C2=C(c3ccccc3)C(c3ccccc3)=C(c3cccc(C)c3)[Si]2(C)CC[Si]2(C)C(c3cccc(C)c3)=C(c3ccccc3)C(c3ccccc3)=C2c2cccc(C)c2)c1. The largest absolute Gasteiger partial charge is 0.118 e. The Balaban J connectivity index is 1.31. The Morgan fingerprint density at radius 2 is 0.439 bits per heavy atom. The van der Waals surface area contributed by atoms with Gasteiger partial charge in [-0.2, -0.15) is 0 Å². The van der Waals surface area contributed by atoms with Crippen molar-refractivity contribution in [2.45, 2.75) is 52.9 Å². The van der Waals surface area contributed by atoms with E-state index in [1.165, 1.54) is 89.1 Å². The number of hydrogen-bond acceptors (Lipinski definition) is 0. The first-order chi connectivity index (χ1) is 32.1. The summed E-state index contributed by atoms with van der Waals surface area (Å²) in [5.74, 6) is 0. The van der Waals surface area contributed by atoms with Gasteiger partial charge in [0, 0.05) is 0 Å². The molecule has 2 heterocycles. The molecule has 0 unspecified atom stereocenters. The minimum absolute atomic E-state index is 1.09. The highest BCUT2D eigenvalue weighted by atomic mass is 28.3. The molecule has 322 valence electrons. The molecule has 0 fully saturated rings. The molecule has 8 aromatic carbocycles. The Hall–Kier alpha value is -6.85. The maximum Gasteiger partial charge on any atom is 0.118 e. The third-order valence-corrected chi connectivity index (χ3v) is 23.9. The second-order valence-electron chi connectivity index (χ2n) is 19.1. The van der Waals surface area contributed by atoms with E-state index in [1.807, 2.05) is 0 Å². The summed E-state index contributed by atoms with van der Waals surface area (Å²) in [6.45, 7) is 14.5. The van der Waals surface area contributed by atoms with Crippen LogP contribution in [-0.4, -0.2) is 16.1 Å². The molecule has 0 atom stereocenters. The molecular formula is C64H58Si2. The fourth-order valence-electron chi connectivity index (χ4n) is 11.5. The van der Waals surface area contributed by atoms with Crippen LogP contribution in [0.3, 0.4) is 0 Å². The smallest absolute Gasteiger partial charge is 0.0622 e. The lowest BCUT2D eigenvalue weighted by Gasteiger charge is -2.37. The fourth-order valence-corrected chi connectivity index (χ4v) is 23.4. The summed E-state index contributed by atoms with van der Waals surface area (Å²) in [5.41, 5.74) is 21.3.